The Morgan fingerprint density at radius 3 is 2.45 bits per heavy atom. The number of nitrogens with zero attached hydrogens (tertiary/aromatic N) is 3. The summed E-state index contributed by atoms with van der Waals surface area (Å²) in [5, 5.41) is 12.4. The monoisotopic (exact) mass is 426 g/mol. The normalized spacial score (nSPS) is 14.8. The minimum absolute atomic E-state index is 0.0522. The summed E-state index contributed by atoms with van der Waals surface area (Å²) < 4.78 is 4.98. The Balaban J connectivity index is 1.42. The number of phenols is 1. The highest BCUT2D eigenvalue weighted by Crippen LogP contribution is 2.15. The van der Waals surface area contributed by atoms with Crippen molar-refractivity contribution in [1.82, 2.24) is 15.2 Å². The Morgan fingerprint density at radius 2 is 1.84 bits per heavy atom. The maximum Gasteiger partial charge on any atom is 0.339 e. The zero-order chi connectivity index (χ0) is 22.2. The second kappa shape index (κ2) is 10.7. The van der Waals surface area contributed by atoms with Crippen molar-refractivity contribution < 1.29 is 19.4 Å². The van der Waals surface area contributed by atoms with E-state index in [0.717, 1.165) is 24.2 Å². The molecule has 0 spiro atoms. The van der Waals surface area contributed by atoms with Crippen LogP contribution in [0.2, 0.25) is 0 Å². The third-order valence-corrected chi connectivity index (χ3v) is 5.32. The lowest BCUT2D eigenvalue weighted by molar-refractivity contribution is 0.0526. The van der Waals surface area contributed by atoms with Crippen LogP contribution < -0.4 is 10.2 Å². The number of hydrogen-bond acceptors (Lipinski definition) is 6. The number of phenolic OH excluding ortho intramolecular Hbond substituents is 1. The van der Waals surface area contributed by atoms with E-state index in [-0.39, 0.29) is 23.8 Å². The SMILES string of the molecule is CCOC(=O)c1ccc(N2CCN(C(=O)NC(C)CCc3ccc(O)cc3)CC2)nc1. The highest BCUT2D eigenvalue weighted by atomic mass is 16.5. The topological polar surface area (TPSA) is 95.0 Å². The van der Waals surface area contributed by atoms with Gasteiger partial charge in [0.25, 0.3) is 0 Å². The van der Waals surface area contributed by atoms with Gasteiger partial charge in [0.1, 0.15) is 11.6 Å². The minimum Gasteiger partial charge on any atom is -0.508 e. The fourth-order valence-electron chi connectivity index (χ4n) is 3.47. The Bertz CT molecular complexity index is 862. The molecule has 8 nitrogen and oxygen atoms in total. The molecule has 3 rings (SSSR count). The number of aromatic nitrogens is 1. The average molecular weight is 427 g/mol. The van der Waals surface area contributed by atoms with Crippen molar-refractivity contribution in [2.24, 2.45) is 0 Å². The zero-order valence-corrected chi connectivity index (χ0v) is 18.1. The van der Waals surface area contributed by atoms with Crippen molar-refractivity contribution in [2.75, 3.05) is 37.7 Å². The first-order chi connectivity index (χ1) is 15.0. The van der Waals surface area contributed by atoms with Gasteiger partial charge in [0.2, 0.25) is 0 Å². The Labute approximate surface area is 182 Å². The van der Waals surface area contributed by atoms with E-state index in [2.05, 4.69) is 15.2 Å². The van der Waals surface area contributed by atoms with Crippen LogP contribution in [0, 0.1) is 0 Å². The Kier molecular flexibility index (Phi) is 7.70. The van der Waals surface area contributed by atoms with Crippen LogP contribution in [-0.2, 0) is 11.2 Å². The van der Waals surface area contributed by atoms with Crippen molar-refractivity contribution in [3.63, 3.8) is 0 Å². The van der Waals surface area contributed by atoms with Crippen LogP contribution >= 0.6 is 0 Å². The highest BCUT2D eigenvalue weighted by Gasteiger charge is 2.23. The fourth-order valence-corrected chi connectivity index (χ4v) is 3.47. The molecule has 1 fully saturated rings. The number of amides is 2. The molecule has 2 amide bonds. The van der Waals surface area contributed by atoms with E-state index in [9.17, 15) is 14.7 Å². The van der Waals surface area contributed by atoms with E-state index in [0.29, 0.717) is 38.3 Å². The molecule has 1 unspecified atom stereocenters. The molecule has 0 radical (unpaired) electrons. The van der Waals surface area contributed by atoms with Gasteiger partial charge in [0.05, 0.1) is 12.2 Å². The predicted octanol–water partition coefficient (Wildman–Crippen LogP) is 2.82. The first-order valence-corrected chi connectivity index (χ1v) is 10.7. The van der Waals surface area contributed by atoms with Crippen molar-refractivity contribution in [3.8, 4) is 5.75 Å². The number of hydrogen-bond donors (Lipinski definition) is 2. The first kappa shape index (κ1) is 22.4. The molecular formula is C23H30N4O4. The van der Waals surface area contributed by atoms with Crippen molar-refractivity contribution in [1.29, 1.82) is 0 Å². The number of pyridine rings is 1. The summed E-state index contributed by atoms with van der Waals surface area (Å²) in [5.41, 5.74) is 1.57. The van der Waals surface area contributed by atoms with Gasteiger partial charge < -0.3 is 25.0 Å². The molecule has 166 valence electrons. The number of carbonyl (C=O) groups excluding carboxylic acids is 2. The molecule has 1 atom stereocenters. The minimum atomic E-state index is -0.373. The summed E-state index contributed by atoms with van der Waals surface area (Å²) >= 11 is 0. The Morgan fingerprint density at radius 1 is 1.13 bits per heavy atom. The van der Waals surface area contributed by atoms with Gasteiger partial charge in [0.15, 0.2) is 0 Å². The van der Waals surface area contributed by atoms with Gasteiger partial charge >= 0.3 is 12.0 Å². The van der Waals surface area contributed by atoms with Gasteiger partial charge in [-0.2, -0.15) is 0 Å². The summed E-state index contributed by atoms with van der Waals surface area (Å²) in [4.78, 5) is 32.6. The smallest absolute Gasteiger partial charge is 0.339 e. The number of benzene rings is 1. The molecule has 31 heavy (non-hydrogen) atoms. The maximum atomic E-state index is 12.6. The van der Waals surface area contributed by atoms with Crippen LogP contribution in [0.25, 0.3) is 0 Å². The average Bonchev–Trinajstić information content (AvgIpc) is 2.79. The molecule has 2 N–H and O–H groups in total. The van der Waals surface area contributed by atoms with Gasteiger partial charge in [-0.25, -0.2) is 14.6 Å². The van der Waals surface area contributed by atoms with Crippen LogP contribution in [0.1, 0.15) is 36.2 Å². The number of aryl methyl sites for hydroxylation is 1. The summed E-state index contributed by atoms with van der Waals surface area (Å²) in [6, 6.07) is 10.7. The number of carbonyl (C=O) groups is 2. The van der Waals surface area contributed by atoms with Crippen molar-refractivity contribution >= 4 is 17.8 Å². The van der Waals surface area contributed by atoms with Gasteiger partial charge in [-0.1, -0.05) is 12.1 Å². The van der Waals surface area contributed by atoms with E-state index in [4.69, 9.17) is 4.74 Å². The standard InChI is InChI=1S/C23H30N4O4/c1-3-31-22(29)19-8-11-21(24-16-19)26-12-14-27(15-13-26)23(30)25-17(2)4-5-18-6-9-20(28)10-7-18/h6-11,16-17,28H,3-5,12-15H2,1-2H3,(H,25,30). The van der Waals surface area contributed by atoms with Crippen LogP contribution in [0.5, 0.6) is 5.75 Å². The first-order valence-electron chi connectivity index (χ1n) is 10.7. The van der Waals surface area contributed by atoms with Crippen molar-refractivity contribution in [2.45, 2.75) is 32.7 Å². The van der Waals surface area contributed by atoms with E-state index in [1.807, 2.05) is 30.0 Å². The second-order valence-corrected chi connectivity index (χ2v) is 7.66. The summed E-state index contributed by atoms with van der Waals surface area (Å²) in [5.74, 6) is 0.673. The van der Waals surface area contributed by atoms with E-state index in [1.54, 1.807) is 25.1 Å². The predicted molar refractivity (Wildman–Crippen MR) is 118 cm³/mol. The largest absolute Gasteiger partial charge is 0.508 e. The molecule has 1 aliphatic rings. The lowest BCUT2D eigenvalue weighted by atomic mass is 10.1. The summed E-state index contributed by atoms with van der Waals surface area (Å²) in [7, 11) is 0. The Hall–Kier alpha value is -3.29. The van der Waals surface area contributed by atoms with Gasteiger partial charge in [0, 0.05) is 38.4 Å². The molecule has 2 aromatic rings. The quantitative estimate of drug-likeness (QED) is 0.661. The second-order valence-electron chi connectivity index (χ2n) is 7.66. The lowest BCUT2D eigenvalue weighted by Crippen LogP contribution is -2.53. The molecule has 1 aromatic carbocycles. The fraction of sp³-hybridized carbons (Fsp3) is 0.435. The van der Waals surface area contributed by atoms with Crippen LogP contribution in [0.4, 0.5) is 10.6 Å². The third-order valence-electron chi connectivity index (χ3n) is 5.32. The summed E-state index contributed by atoms with van der Waals surface area (Å²) in [6.45, 7) is 6.69. The maximum absolute atomic E-state index is 12.6. The molecule has 1 aromatic heterocycles. The molecular weight excluding hydrogens is 396 g/mol. The van der Waals surface area contributed by atoms with E-state index in [1.165, 1.54) is 6.20 Å². The molecule has 1 saturated heterocycles. The molecule has 2 heterocycles. The summed E-state index contributed by atoms with van der Waals surface area (Å²) in [6.07, 6.45) is 3.19. The van der Waals surface area contributed by atoms with Crippen LogP contribution in [-0.4, -0.2) is 65.8 Å². The van der Waals surface area contributed by atoms with Crippen LogP contribution in [0.15, 0.2) is 42.6 Å². The number of nitrogens with one attached hydrogen (secondary N) is 1. The van der Waals surface area contributed by atoms with E-state index < -0.39 is 0 Å². The van der Waals surface area contributed by atoms with E-state index >= 15 is 0 Å². The number of aromatic hydroxyl groups is 1. The molecule has 0 saturated carbocycles. The van der Waals surface area contributed by atoms with Gasteiger partial charge in [-0.15, -0.1) is 0 Å². The molecule has 0 bridgehead atoms. The highest BCUT2D eigenvalue weighted by molar-refractivity contribution is 5.89. The molecule has 8 heteroatoms. The third kappa shape index (κ3) is 6.34. The van der Waals surface area contributed by atoms with Gasteiger partial charge in [-0.05, 0) is 56.5 Å². The lowest BCUT2D eigenvalue weighted by Gasteiger charge is -2.36. The zero-order valence-electron chi connectivity index (χ0n) is 18.1. The van der Waals surface area contributed by atoms with Crippen molar-refractivity contribution in [3.05, 3.63) is 53.7 Å². The number of urea groups is 1. The number of esters is 1. The number of piperazine rings is 1. The van der Waals surface area contributed by atoms with Crippen LogP contribution in [0.3, 0.4) is 0 Å². The molecule has 1 aliphatic heterocycles. The van der Waals surface area contributed by atoms with Gasteiger partial charge in [-0.3, -0.25) is 0 Å². The molecule has 0 aliphatic carbocycles. The number of ether oxygens (including phenoxy) is 1. The number of rotatable bonds is 7. The number of anilines is 1.